The van der Waals surface area contributed by atoms with Crippen LogP contribution in [-0.4, -0.2) is 11.8 Å². The maximum atomic E-state index is 12.9. The lowest BCUT2D eigenvalue weighted by molar-refractivity contribution is -0.137. The van der Waals surface area contributed by atoms with Crippen molar-refractivity contribution in [2.45, 2.75) is 26.1 Å². The average molecular weight is 422 g/mol. The second-order valence-electron chi connectivity index (χ2n) is 6.37. The number of thiophene rings is 1. The zero-order valence-corrected chi connectivity index (χ0v) is 16.3. The first-order valence-corrected chi connectivity index (χ1v) is 9.40. The zero-order chi connectivity index (χ0) is 21.2. The predicted molar refractivity (Wildman–Crippen MR) is 103 cm³/mol. The summed E-state index contributed by atoms with van der Waals surface area (Å²) in [6.07, 6.45) is -3.08. The van der Waals surface area contributed by atoms with Gasteiger partial charge in [-0.1, -0.05) is 12.1 Å². The van der Waals surface area contributed by atoms with E-state index in [1.54, 1.807) is 26.0 Å². The van der Waals surface area contributed by atoms with Crippen LogP contribution in [0.4, 0.5) is 18.2 Å². The van der Waals surface area contributed by atoms with E-state index in [0.717, 1.165) is 23.5 Å². The molecule has 0 radical (unpaired) electrons. The summed E-state index contributed by atoms with van der Waals surface area (Å²) in [4.78, 5) is 25.0. The minimum Gasteiger partial charge on any atom is -0.459 e. The molecule has 0 spiro atoms. The van der Waals surface area contributed by atoms with E-state index in [1.807, 2.05) is 0 Å². The number of benzene rings is 1. The number of furan rings is 1. The fraction of sp³-hybridized carbons (Fsp3) is 0.200. The number of halogens is 3. The van der Waals surface area contributed by atoms with Crippen molar-refractivity contribution in [2.75, 3.05) is 5.32 Å². The number of carbonyl (C=O) groups excluding carboxylic acids is 2. The summed E-state index contributed by atoms with van der Waals surface area (Å²) in [5, 5.41) is 5.81. The summed E-state index contributed by atoms with van der Waals surface area (Å²) in [7, 11) is 0. The van der Waals surface area contributed by atoms with Gasteiger partial charge in [-0.05, 0) is 55.3 Å². The molecule has 0 saturated carbocycles. The first-order chi connectivity index (χ1) is 13.6. The number of rotatable bonds is 5. The monoisotopic (exact) mass is 422 g/mol. The number of alkyl halides is 3. The number of aryl methyl sites for hydroxylation is 1. The normalized spacial score (nSPS) is 12.4. The Balaban J connectivity index is 1.71. The molecule has 1 aromatic carbocycles. The molecule has 0 aliphatic carbocycles. The van der Waals surface area contributed by atoms with Crippen LogP contribution in [0.2, 0.25) is 0 Å². The van der Waals surface area contributed by atoms with E-state index in [-0.39, 0.29) is 5.76 Å². The molecule has 3 aromatic rings. The largest absolute Gasteiger partial charge is 0.459 e. The Labute approximate surface area is 168 Å². The lowest BCUT2D eigenvalue weighted by atomic mass is 10.0. The van der Waals surface area contributed by atoms with Crippen molar-refractivity contribution >= 4 is 28.2 Å². The smallest absolute Gasteiger partial charge is 0.416 e. The minimum atomic E-state index is -4.45. The number of hydrogen-bond donors (Lipinski definition) is 2. The Hall–Kier alpha value is -3.07. The molecule has 2 N–H and O–H groups in total. The van der Waals surface area contributed by atoms with Crippen molar-refractivity contribution in [1.82, 2.24) is 5.32 Å². The zero-order valence-electron chi connectivity index (χ0n) is 15.5. The molecule has 1 unspecified atom stereocenters. The van der Waals surface area contributed by atoms with E-state index < -0.39 is 29.6 Å². The van der Waals surface area contributed by atoms with Gasteiger partial charge in [0.15, 0.2) is 5.76 Å². The Morgan fingerprint density at radius 2 is 1.86 bits per heavy atom. The van der Waals surface area contributed by atoms with Gasteiger partial charge in [0, 0.05) is 0 Å². The van der Waals surface area contributed by atoms with Gasteiger partial charge < -0.3 is 15.1 Å². The molecule has 3 rings (SSSR count). The number of carbonyl (C=O) groups is 2. The van der Waals surface area contributed by atoms with Gasteiger partial charge in [0.2, 0.25) is 0 Å². The summed E-state index contributed by atoms with van der Waals surface area (Å²) in [5.74, 6) is -0.739. The summed E-state index contributed by atoms with van der Waals surface area (Å²) in [6.45, 7) is 3.32. The third-order valence-electron chi connectivity index (χ3n) is 4.17. The van der Waals surface area contributed by atoms with Crippen LogP contribution in [0.5, 0.6) is 0 Å². The minimum absolute atomic E-state index is 0.139. The molecular formula is C20H17F3N2O3S. The first kappa shape index (κ1) is 20.7. The van der Waals surface area contributed by atoms with Crippen LogP contribution in [0, 0.1) is 6.92 Å². The number of amides is 2. The van der Waals surface area contributed by atoms with Gasteiger partial charge in [0.05, 0.1) is 27.7 Å². The van der Waals surface area contributed by atoms with Crippen molar-refractivity contribution in [3.63, 3.8) is 0 Å². The summed E-state index contributed by atoms with van der Waals surface area (Å²) < 4.78 is 43.7. The van der Waals surface area contributed by atoms with Crippen molar-refractivity contribution in [3.8, 4) is 0 Å². The van der Waals surface area contributed by atoms with Crippen molar-refractivity contribution in [1.29, 1.82) is 0 Å². The highest BCUT2D eigenvalue weighted by molar-refractivity contribution is 7.18. The molecule has 152 valence electrons. The van der Waals surface area contributed by atoms with Crippen LogP contribution in [0.25, 0.3) is 0 Å². The third kappa shape index (κ3) is 4.86. The fourth-order valence-corrected chi connectivity index (χ4v) is 3.65. The number of hydrogen-bond acceptors (Lipinski definition) is 4. The van der Waals surface area contributed by atoms with Gasteiger partial charge in [-0.15, -0.1) is 11.3 Å². The van der Waals surface area contributed by atoms with Crippen LogP contribution < -0.4 is 10.6 Å². The molecule has 0 fully saturated rings. The van der Waals surface area contributed by atoms with Crippen LogP contribution in [0.15, 0.2) is 53.1 Å². The van der Waals surface area contributed by atoms with Crippen molar-refractivity contribution in [3.05, 3.63) is 76.1 Å². The Morgan fingerprint density at radius 3 is 2.52 bits per heavy atom. The Kier molecular flexibility index (Phi) is 5.78. The molecule has 2 heterocycles. The Bertz CT molecular complexity index is 1030. The molecule has 0 aliphatic rings. The number of nitrogens with one attached hydrogen (secondary N) is 2. The van der Waals surface area contributed by atoms with Crippen molar-refractivity contribution < 1.29 is 27.2 Å². The van der Waals surface area contributed by atoms with E-state index in [0.29, 0.717) is 21.0 Å². The highest BCUT2D eigenvalue weighted by Gasteiger charge is 2.31. The van der Waals surface area contributed by atoms with Gasteiger partial charge in [-0.3, -0.25) is 9.59 Å². The lowest BCUT2D eigenvalue weighted by Gasteiger charge is -2.16. The third-order valence-corrected chi connectivity index (χ3v) is 5.32. The fourth-order valence-electron chi connectivity index (χ4n) is 2.68. The quantitative estimate of drug-likeness (QED) is 0.577. The molecule has 0 aliphatic heterocycles. The standard InChI is InChI=1S/C20H17F3N2O3S/c1-11-9-16(25-18(26)15-7-4-8-28-15)29-17(11)19(27)24-12(2)13-5-3-6-14(10-13)20(21,22)23/h3-10,12H,1-2H3,(H,24,27)(H,25,26). The highest BCUT2D eigenvalue weighted by Crippen LogP contribution is 2.31. The maximum Gasteiger partial charge on any atom is 0.416 e. The first-order valence-electron chi connectivity index (χ1n) is 8.58. The molecule has 1 atom stereocenters. The summed E-state index contributed by atoms with van der Waals surface area (Å²) in [5.41, 5.74) is 0.207. The lowest BCUT2D eigenvalue weighted by Crippen LogP contribution is -2.26. The SMILES string of the molecule is Cc1cc(NC(=O)c2ccco2)sc1C(=O)NC(C)c1cccc(C(F)(F)F)c1. The molecule has 0 saturated heterocycles. The van der Waals surface area contributed by atoms with Crippen LogP contribution in [-0.2, 0) is 6.18 Å². The highest BCUT2D eigenvalue weighted by atomic mass is 32.1. The molecule has 2 aromatic heterocycles. The molecule has 0 bridgehead atoms. The molecule has 29 heavy (non-hydrogen) atoms. The van der Waals surface area contributed by atoms with E-state index in [2.05, 4.69) is 10.6 Å². The van der Waals surface area contributed by atoms with Crippen LogP contribution in [0.3, 0.4) is 0 Å². The molecule has 5 nitrogen and oxygen atoms in total. The van der Waals surface area contributed by atoms with Gasteiger partial charge >= 0.3 is 6.18 Å². The maximum absolute atomic E-state index is 12.9. The second-order valence-corrected chi connectivity index (χ2v) is 7.42. The average Bonchev–Trinajstić information content (AvgIpc) is 3.31. The summed E-state index contributed by atoms with van der Waals surface area (Å²) in [6, 6.07) is 8.94. The van der Waals surface area contributed by atoms with E-state index in [9.17, 15) is 22.8 Å². The van der Waals surface area contributed by atoms with E-state index >= 15 is 0 Å². The number of anilines is 1. The second kappa shape index (κ2) is 8.12. The summed E-state index contributed by atoms with van der Waals surface area (Å²) >= 11 is 1.07. The van der Waals surface area contributed by atoms with Gasteiger partial charge in [-0.2, -0.15) is 13.2 Å². The van der Waals surface area contributed by atoms with Crippen LogP contribution in [0.1, 0.15) is 49.9 Å². The van der Waals surface area contributed by atoms with E-state index in [4.69, 9.17) is 4.42 Å². The van der Waals surface area contributed by atoms with E-state index in [1.165, 1.54) is 24.5 Å². The van der Waals surface area contributed by atoms with Gasteiger partial charge in [-0.25, -0.2) is 0 Å². The molecular weight excluding hydrogens is 405 g/mol. The van der Waals surface area contributed by atoms with Crippen molar-refractivity contribution in [2.24, 2.45) is 0 Å². The predicted octanol–water partition coefficient (Wildman–Crippen LogP) is 5.41. The van der Waals surface area contributed by atoms with Crippen LogP contribution >= 0.6 is 11.3 Å². The molecule has 2 amide bonds. The topological polar surface area (TPSA) is 71.3 Å². The molecule has 9 heteroatoms. The van der Waals surface area contributed by atoms with Gasteiger partial charge in [0.1, 0.15) is 0 Å². The van der Waals surface area contributed by atoms with Gasteiger partial charge in [0.25, 0.3) is 11.8 Å². The Morgan fingerprint density at radius 1 is 1.10 bits per heavy atom.